The van der Waals surface area contributed by atoms with E-state index in [0.717, 1.165) is 11.3 Å². The summed E-state index contributed by atoms with van der Waals surface area (Å²) in [6, 6.07) is 1.78. The van der Waals surface area contributed by atoms with E-state index in [0.29, 0.717) is 5.17 Å². The lowest BCUT2D eigenvalue weighted by Gasteiger charge is -1.92. The minimum atomic E-state index is 0.410. The van der Waals surface area contributed by atoms with Crippen LogP contribution in [0.2, 0.25) is 0 Å². The first-order valence-electron chi connectivity index (χ1n) is 4.20. The van der Waals surface area contributed by atoms with Gasteiger partial charge in [0.05, 0.1) is 18.6 Å². The van der Waals surface area contributed by atoms with E-state index >= 15 is 0 Å². The third kappa shape index (κ3) is 4.92. The molecule has 1 rings (SSSR count). The average molecular weight is 221 g/mol. The summed E-state index contributed by atoms with van der Waals surface area (Å²) < 4.78 is 0. The molecule has 0 saturated carbocycles. The highest BCUT2D eigenvalue weighted by atomic mass is 32.2. The van der Waals surface area contributed by atoms with Gasteiger partial charge in [0.25, 0.3) is 0 Å². The van der Waals surface area contributed by atoms with E-state index < -0.39 is 0 Å². The molecule has 78 valence electrons. The molecule has 6 heteroatoms. The van der Waals surface area contributed by atoms with Gasteiger partial charge in [0.15, 0.2) is 5.17 Å². The minimum absolute atomic E-state index is 0.410. The highest BCUT2D eigenvalue weighted by molar-refractivity contribution is 8.13. The van der Waals surface area contributed by atoms with Gasteiger partial charge in [0.1, 0.15) is 0 Å². The topological polar surface area (TPSA) is 76.5 Å². The van der Waals surface area contributed by atoms with Crippen LogP contribution in [0.25, 0.3) is 0 Å². The van der Waals surface area contributed by atoms with Crippen molar-refractivity contribution in [3.8, 4) is 0 Å². The van der Waals surface area contributed by atoms with Crippen LogP contribution in [0.3, 0.4) is 0 Å². The van der Waals surface area contributed by atoms with Crippen LogP contribution in [0.5, 0.6) is 0 Å². The molecule has 0 aromatic carbocycles. The minimum Gasteiger partial charge on any atom is -0.377 e. The van der Waals surface area contributed by atoms with Crippen molar-refractivity contribution in [2.45, 2.75) is 0 Å². The fourth-order valence-corrected chi connectivity index (χ4v) is 1.10. The van der Waals surface area contributed by atoms with Crippen LogP contribution < -0.4 is 5.73 Å². The van der Waals surface area contributed by atoms with E-state index in [1.54, 1.807) is 30.8 Å². The Kier molecular flexibility index (Phi) is 5.10. The fraction of sp³-hybridized carbons (Fsp3) is 0.111. The summed E-state index contributed by atoms with van der Waals surface area (Å²) in [5.74, 6) is 0.724. The number of rotatable bonds is 4. The Bertz CT molecular complexity index is 360. The number of nitrogens with zero attached hydrogens (tertiary/aromatic N) is 4. The van der Waals surface area contributed by atoms with Gasteiger partial charge >= 0.3 is 0 Å². The van der Waals surface area contributed by atoms with Gasteiger partial charge in [-0.2, -0.15) is 15.3 Å². The van der Waals surface area contributed by atoms with Crippen molar-refractivity contribution in [2.75, 3.05) is 5.75 Å². The van der Waals surface area contributed by atoms with Gasteiger partial charge in [-0.25, -0.2) is 0 Å². The Morgan fingerprint density at radius 3 is 3.13 bits per heavy atom. The Hall–Kier alpha value is -1.69. The van der Waals surface area contributed by atoms with Gasteiger partial charge < -0.3 is 5.73 Å². The first-order valence-corrected chi connectivity index (χ1v) is 5.18. The van der Waals surface area contributed by atoms with E-state index in [9.17, 15) is 0 Å². The summed E-state index contributed by atoms with van der Waals surface area (Å²) in [6.45, 7) is 3.58. The molecule has 0 atom stereocenters. The first-order chi connectivity index (χ1) is 7.33. The lowest BCUT2D eigenvalue weighted by atomic mass is 10.3. The Morgan fingerprint density at radius 1 is 1.60 bits per heavy atom. The summed E-state index contributed by atoms with van der Waals surface area (Å²) in [5.41, 5.74) is 6.38. The van der Waals surface area contributed by atoms with E-state index in [1.807, 2.05) is 0 Å². The SMILES string of the molecule is C=CCS/C(N)=N\N=C\c1ccnnc1. The van der Waals surface area contributed by atoms with E-state index in [-0.39, 0.29) is 0 Å². The van der Waals surface area contributed by atoms with Crippen molar-refractivity contribution in [2.24, 2.45) is 15.9 Å². The van der Waals surface area contributed by atoms with Crippen LogP contribution in [-0.2, 0) is 0 Å². The molecule has 0 amide bonds. The second kappa shape index (κ2) is 6.72. The Labute approximate surface area is 92.2 Å². The number of hydrogen-bond donors (Lipinski definition) is 1. The van der Waals surface area contributed by atoms with Crippen LogP contribution in [0.1, 0.15) is 5.56 Å². The zero-order valence-electron chi connectivity index (χ0n) is 8.08. The average Bonchev–Trinajstić information content (AvgIpc) is 2.28. The van der Waals surface area contributed by atoms with Crippen LogP contribution >= 0.6 is 11.8 Å². The lowest BCUT2D eigenvalue weighted by molar-refractivity contribution is 1.03. The van der Waals surface area contributed by atoms with E-state index in [1.165, 1.54) is 11.8 Å². The van der Waals surface area contributed by atoms with Crippen LogP contribution in [0.15, 0.2) is 41.3 Å². The molecule has 0 unspecified atom stereocenters. The molecule has 0 spiro atoms. The van der Waals surface area contributed by atoms with Crippen LogP contribution in [0, 0.1) is 0 Å². The summed E-state index contributed by atoms with van der Waals surface area (Å²) in [5, 5.41) is 15.3. The fourth-order valence-electron chi connectivity index (χ4n) is 0.703. The highest BCUT2D eigenvalue weighted by Gasteiger charge is 1.89. The van der Waals surface area contributed by atoms with Gasteiger partial charge in [0.2, 0.25) is 0 Å². The van der Waals surface area contributed by atoms with Crippen molar-refractivity contribution in [1.82, 2.24) is 10.2 Å². The molecule has 0 saturated heterocycles. The number of nitrogens with two attached hydrogens (primary N) is 1. The van der Waals surface area contributed by atoms with Crippen LogP contribution in [-0.4, -0.2) is 27.3 Å². The van der Waals surface area contributed by atoms with Gasteiger partial charge in [-0.15, -0.1) is 11.7 Å². The second-order valence-electron chi connectivity index (χ2n) is 2.46. The van der Waals surface area contributed by atoms with Crippen molar-refractivity contribution in [3.05, 3.63) is 36.7 Å². The van der Waals surface area contributed by atoms with E-state index in [4.69, 9.17) is 5.73 Å². The quantitative estimate of drug-likeness (QED) is 0.357. The summed E-state index contributed by atoms with van der Waals surface area (Å²) in [7, 11) is 0. The van der Waals surface area contributed by atoms with Gasteiger partial charge in [-0.3, -0.25) is 0 Å². The molecule has 0 radical (unpaired) electrons. The molecule has 5 nitrogen and oxygen atoms in total. The molecule has 1 heterocycles. The summed E-state index contributed by atoms with van der Waals surface area (Å²) in [6.07, 6.45) is 6.49. The van der Waals surface area contributed by atoms with Gasteiger partial charge in [-0.1, -0.05) is 17.8 Å². The van der Waals surface area contributed by atoms with E-state index in [2.05, 4.69) is 27.0 Å². The van der Waals surface area contributed by atoms with Crippen molar-refractivity contribution >= 4 is 23.1 Å². The zero-order chi connectivity index (χ0) is 10.9. The van der Waals surface area contributed by atoms with Crippen molar-refractivity contribution in [1.29, 1.82) is 0 Å². The first kappa shape index (κ1) is 11.4. The van der Waals surface area contributed by atoms with Crippen molar-refractivity contribution in [3.63, 3.8) is 0 Å². The monoisotopic (exact) mass is 221 g/mol. The molecule has 0 aliphatic heterocycles. The maximum Gasteiger partial charge on any atom is 0.180 e. The molecule has 0 aliphatic rings. The molecular formula is C9H11N5S. The number of thioether (sulfide) groups is 1. The predicted molar refractivity (Wildman–Crippen MR) is 63.9 cm³/mol. The maximum atomic E-state index is 5.55. The molecule has 1 aromatic heterocycles. The molecule has 0 aliphatic carbocycles. The molecule has 0 fully saturated rings. The molecular weight excluding hydrogens is 210 g/mol. The van der Waals surface area contributed by atoms with Gasteiger partial charge in [0, 0.05) is 11.3 Å². The smallest absolute Gasteiger partial charge is 0.180 e. The molecule has 0 bridgehead atoms. The molecule has 2 N–H and O–H groups in total. The number of hydrogen-bond acceptors (Lipinski definition) is 5. The largest absolute Gasteiger partial charge is 0.377 e. The predicted octanol–water partition coefficient (Wildman–Crippen LogP) is 1.04. The Morgan fingerprint density at radius 2 is 2.47 bits per heavy atom. The number of aromatic nitrogens is 2. The molecule has 1 aromatic rings. The third-order valence-electron chi connectivity index (χ3n) is 1.32. The van der Waals surface area contributed by atoms with Gasteiger partial charge in [-0.05, 0) is 6.07 Å². The third-order valence-corrected chi connectivity index (χ3v) is 2.10. The molecule has 15 heavy (non-hydrogen) atoms. The maximum absolute atomic E-state index is 5.55. The lowest BCUT2D eigenvalue weighted by Crippen LogP contribution is -2.05. The van der Waals surface area contributed by atoms with Crippen LogP contribution in [0.4, 0.5) is 0 Å². The standard InChI is InChI=1S/C9H11N5S/c1-2-5-15-9(10)14-13-7-8-3-4-11-12-6-8/h2-4,6-7H,1,5H2,(H2,10,14)/b13-7+. The van der Waals surface area contributed by atoms with Crippen molar-refractivity contribution < 1.29 is 0 Å². The number of amidine groups is 1. The highest BCUT2D eigenvalue weighted by Crippen LogP contribution is 1.99. The zero-order valence-corrected chi connectivity index (χ0v) is 8.89. The second-order valence-corrected chi connectivity index (χ2v) is 3.50. The summed E-state index contributed by atoms with van der Waals surface area (Å²) >= 11 is 1.38. The summed E-state index contributed by atoms with van der Waals surface area (Å²) in [4.78, 5) is 0. The normalized spacial score (nSPS) is 11.9. The Balaban J connectivity index is 2.48.